The van der Waals surface area contributed by atoms with E-state index in [0.29, 0.717) is 35.7 Å². The first-order valence-corrected chi connectivity index (χ1v) is 11.5. The summed E-state index contributed by atoms with van der Waals surface area (Å²) >= 11 is 12.4. The second kappa shape index (κ2) is 10.8. The number of rotatable bonds is 8. The molecule has 2 aromatic rings. The summed E-state index contributed by atoms with van der Waals surface area (Å²) in [4.78, 5) is 27.1. The molecule has 32 heavy (non-hydrogen) atoms. The summed E-state index contributed by atoms with van der Waals surface area (Å²) in [5, 5.41) is 19.8. The molecule has 2 aromatic carbocycles. The van der Waals surface area contributed by atoms with Crippen LogP contribution >= 0.6 is 23.2 Å². The van der Waals surface area contributed by atoms with Crippen LogP contribution in [0.5, 0.6) is 0 Å². The van der Waals surface area contributed by atoms with Gasteiger partial charge in [0, 0.05) is 34.3 Å². The lowest BCUT2D eigenvalue weighted by atomic mass is 9.74. The van der Waals surface area contributed by atoms with Crippen molar-refractivity contribution in [3.63, 3.8) is 0 Å². The topological polar surface area (TPSA) is 81.4 Å². The minimum atomic E-state index is -0.997. The highest BCUT2D eigenvalue weighted by Crippen LogP contribution is 2.48. The predicted octanol–water partition coefficient (Wildman–Crippen LogP) is 6.22. The van der Waals surface area contributed by atoms with Gasteiger partial charge in [0.2, 0.25) is 5.91 Å². The molecule has 1 unspecified atom stereocenters. The van der Waals surface area contributed by atoms with Crippen molar-refractivity contribution in [2.75, 3.05) is 0 Å². The Kier molecular flexibility index (Phi) is 8.17. The van der Waals surface area contributed by atoms with Crippen LogP contribution in [0, 0.1) is 17.2 Å². The lowest BCUT2D eigenvalue weighted by Crippen LogP contribution is -2.52. The van der Waals surface area contributed by atoms with Crippen LogP contribution in [0.15, 0.2) is 48.5 Å². The zero-order chi connectivity index (χ0) is 23.3. The molecule has 4 atom stereocenters. The first-order valence-electron chi connectivity index (χ1n) is 10.8. The van der Waals surface area contributed by atoms with Crippen molar-refractivity contribution in [1.29, 1.82) is 5.26 Å². The lowest BCUT2D eigenvalue weighted by molar-refractivity contribution is -0.152. The second-order valence-electron chi connectivity index (χ2n) is 8.19. The maximum absolute atomic E-state index is 13.6. The van der Waals surface area contributed by atoms with Crippen LogP contribution < -0.4 is 0 Å². The Morgan fingerprint density at radius 3 is 2.50 bits per heavy atom. The average Bonchev–Trinajstić information content (AvgIpc) is 2.76. The largest absolute Gasteiger partial charge is 0.481 e. The van der Waals surface area contributed by atoms with E-state index in [0.717, 1.165) is 11.1 Å². The number of nitriles is 1. The molecule has 1 fully saturated rings. The number of carboxylic acid groups (broad SMARTS) is 1. The van der Waals surface area contributed by atoms with Crippen molar-refractivity contribution in [2.24, 2.45) is 5.92 Å². The number of aliphatic carboxylic acids is 1. The van der Waals surface area contributed by atoms with Crippen LogP contribution in [0.3, 0.4) is 0 Å². The fourth-order valence-corrected chi connectivity index (χ4v) is 5.07. The van der Waals surface area contributed by atoms with Gasteiger partial charge in [-0.3, -0.25) is 9.59 Å². The van der Waals surface area contributed by atoms with E-state index in [4.69, 9.17) is 28.5 Å². The summed E-state index contributed by atoms with van der Waals surface area (Å²) in [6.07, 6.45) is 1.70. The second-order valence-corrected chi connectivity index (χ2v) is 9.07. The molecule has 1 aliphatic rings. The van der Waals surface area contributed by atoms with Crippen LogP contribution in [-0.4, -0.2) is 27.9 Å². The third-order valence-electron chi connectivity index (χ3n) is 6.19. The highest BCUT2D eigenvalue weighted by molar-refractivity contribution is 6.30. The normalized spacial score (nSPS) is 21.8. The third kappa shape index (κ3) is 5.43. The monoisotopic (exact) mass is 472 g/mol. The summed E-state index contributed by atoms with van der Waals surface area (Å²) in [7, 11) is 0. The molecule has 0 spiro atoms. The SMILES string of the molecule is CC[C@@H](CCC#N)N1C(=O)[C@@H](CC(=O)O)C[C@H](c2cccc(Cl)c2)C1c1ccc(Cl)cc1. The number of piperidine rings is 1. The zero-order valence-electron chi connectivity index (χ0n) is 17.9. The van der Waals surface area contributed by atoms with Gasteiger partial charge in [-0.25, -0.2) is 0 Å². The van der Waals surface area contributed by atoms with E-state index in [1.54, 1.807) is 18.2 Å². The summed E-state index contributed by atoms with van der Waals surface area (Å²) in [6, 6.07) is 16.6. The van der Waals surface area contributed by atoms with Crippen LogP contribution in [0.25, 0.3) is 0 Å². The van der Waals surface area contributed by atoms with E-state index >= 15 is 0 Å². The Bertz CT molecular complexity index is 1000. The maximum atomic E-state index is 13.6. The smallest absolute Gasteiger partial charge is 0.304 e. The standard InChI is InChI=1S/C25H26Cl2N2O3/c1-2-21(7-4-12-28)29-24(16-8-10-19(26)11-9-16)22(17-5-3-6-20(27)13-17)14-18(25(29)32)15-23(30)31/h3,5-6,8-11,13,18,21-22,24H,2,4,7,14-15H2,1H3,(H,30,31)/t18-,21+,22-,24?/m1/s1. The fraction of sp³-hybridized carbons (Fsp3) is 0.400. The molecule has 0 bridgehead atoms. The van der Waals surface area contributed by atoms with E-state index in [9.17, 15) is 14.7 Å². The van der Waals surface area contributed by atoms with E-state index in [2.05, 4.69) is 6.07 Å². The number of carboxylic acids is 1. The zero-order valence-corrected chi connectivity index (χ0v) is 19.4. The molecule has 1 aliphatic heterocycles. The number of benzene rings is 2. The van der Waals surface area contributed by atoms with Gasteiger partial charge < -0.3 is 10.0 Å². The molecule has 1 saturated heterocycles. The van der Waals surface area contributed by atoms with Crippen LogP contribution in [0.1, 0.15) is 62.1 Å². The van der Waals surface area contributed by atoms with Gasteiger partial charge in [0.15, 0.2) is 0 Å². The molecule has 0 saturated carbocycles. The van der Waals surface area contributed by atoms with Crippen LogP contribution in [-0.2, 0) is 9.59 Å². The van der Waals surface area contributed by atoms with Gasteiger partial charge in [0.05, 0.1) is 18.5 Å². The van der Waals surface area contributed by atoms with Gasteiger partial charge in [-0.2, -0.15) is 5.26 Å². The van der Waals surface area contributed by atoms with Crippen molar-refractivity contribution in [3.05, 3.63) is 69.7 Å². The average molecular weight is 473 g/mol. The number of nitrogens with zero attached hydrogens (tertiary/aromatic N) is 2. The number of hydrogen-bond donors (Lipinski definition) is 1. The molecular formula is C25H26Cl2N2O3. The molecule has 0 aromatic heterocycles. The molecule has 7 heteroatoms. The van der Waals surface area contributed by atoms with Gasteiger partial charge in [-0.1, -0.05) is 54.4 Å². The van der Waals surface area contributed by atoms with E-state index in [-0.39, 0.29) is 30.3 Å². The minimum absolute atomic E-state index is 0.145. The summed E-state index contributed by atoms with van der Waals surface area (Å²) in [6.45, 7) is 1.99. The van der Waals surface area contributed by atoms with Gasteiger partial charge in [0.25, 0.3) is 0 Å². The molecular weight excluding hydrogens is 447 g/mol. The number of hydrogen-bond acceptors (Lipinski definition) is 3. The van der Waals surface area contributed by atoms with Crippen LogP contribution in [0.2, 0.25) is 10.0 Å². The molecule has 3 rings (SSSR count). The Hall–Kier alpha value is -2.55. The third-order valence-corrected chi connectivity index (χ3v) is 6.67. The molecule has 0 aliphatic carbocycles. The van der Waals surface area contributed by atoms with E-state index in [1.807, 2.05) is 42.2 Å². The van der Waals surface area contributed by atoms with E-state index < -0.39 is 11.9 Å². The number of likely N-dealkylation sites (tertiary alicyclic amines) is 1. The Morgan fingerprint density at radius 1 is 1.19 bits per heavy atom. The molecule has 1 N–H and O–H groups in total. The highest BCUT2D eigenvalue weighted by Gasteiger charge is 2.45. The number of carbonyl (C=O) groups excluding carboxylic acids is 1. The minimum Gasteiger partial charge on any atom is -0.481 e. The quantitative estimate of drug-likeness (QED) is 0.493. The molecule has 1 amide bonds. The predicted molar refractivity (Wildman–Crippen MR) is 125 cm³/mol. The first kappa shape index (κ1) is 24.1. The van der Waals surface area contributed by atoms with Crippen molar-refractivity contribution in [3.8, 4) is 6.07 Å². The Balaban J connectivity index is 2.16. The Labute approximate surface area is 198 Å². The van der Waals surface area contributed by atoms with E-state index in [1.165, 1.54) is 0 Å². The summed E-state index contributed by atoms with van der Waals surface area (Å²) in [5.74, 6) is -1.96. The number of amides is 1. The van der Waals surface area contributed by atoms with Crippen molar-refractivity contribution >= 4 is 35.1 Å². The maximum Gasteiger partial charge on any atom is 0.304 e. The van der Waals surface area contributed by atoms with Crippen molar-refractivity contribution in [2.45, 2.75) is 57.0 Å². The molecule has 168 valence electrons. The van der Waals surface area contributed by atoms with Gasteiger partial charge in [-0.15, -0.1) is 0 Å². The highest BCUT2D eigenvalue weighted by atomic mass is 35.5. The fourth-order valence-electron chi connectivity index (χ4n) is 4.75. The van der Waals surface area contributed by atoms with Crippen molar-refractivity contribution in [1.82, 2.24) is 4.90 Å². The lowest BCUT2D eigenvalue weighted by Gasteiger charge is -2.48. The first-order chi connectivity index (χ1) is 15.3. The molecule has 1 heterocycles. The number of carbonyl (C=O) groups is 2. The number of halogens is 2. The van der Waals surface area contributed by atoms with Crippen molar-refractivity contribution < 1.29 is 14.7 Å². The van der Waals surface area contributed by atoms with Gasteiger partial charge >= 0.3 is 5.97 Å². The van der Waals surface area contributed by atoms with Crippen LogP contribution in [0.4, 0.5) is 0 Å². The van der Waals surface area contributed by atoms with Gasteiger partial charge in [-0.05, 0) is 54.7 Å². The van der Waals surface area contributed by atoms with Gasteiger partial charge in [0.1, 0.15) is 0 Å². The summed E-state index contributed by atoms with van der Waals surface area (Å²) < 4.78 is 0. The molecule has 5 nitrogen and oxygen atoms in total. The summed E-state index contributed by atoms with van der Waals surface area (Å²) in [5.41, 5.74) is 1.89. The molecule has 0 radical (unpaired) electrons. The Morgan fingerprint density at radius 2 is 1.91 bits per heavy atom.